The van der Waals surface area contributed by atoms with Crippen LogP contribution in [0.1, 0.15) is 68.9 Å². The Labute approximate surface area is 200 Å². The van der Waals surface area contributed by atoms with E-state index >= 15 is 0 Å². The number of benzene rings is 2. The van der Waals surface area contributed by atoms with Gasteiger partial charge in [-0.3, -0.25) is 18.7 Å². The van der Waals surface area contributed by atoms with Crippen molar-refractivity contribution in [2.45, 2.75) is 43.9 Å². The zero-order chi connectivity index (χ0) is 25.0. The molecule has 2 heterocycles. The average molecular weight is 475 g/mol. The average Bonchev–Trinajstić information content (AvgIpc) is 3.56. The first-order valence-corrected chi connectivity index (χ1v) is 11.6. The van der Waals surface area contributed by atoms with E-state index in [1.807, 2.05) is 12.1 Å². The summed E-state index contributed by atoms with van der Waals surface area (Å²) in [6, 6.07) is 10.1. The van der Waals surface area contributed by atoms with Gasteiger partial charge < -0.3 is 21.3 Å². The lowest BCUT2D eigenvalue weighted by molar-refractivity contribution is -0.171. The highest BCUT2D eigenvalue weighted by molar-refractivity contribution is 6.14. The number of imidazole rings is 1. The van der Waals surface area contributed by atoms with Gasteiger partial charge in [-0.25, -0.2) is 4.79 Å². The maximum Gasteiger partial charge on any atom is 0.330 e. The number of ketones is 1. The fourth-order valence-electron chi connectivity index (χ4n) is 5.99. The van der Waals surface area contributed by atoms with Crippen LogP contribution in [0.15, 0.2) is 41.2 Å². The topological polar surface area (TPSA) is 143 Å². The number of aromatic nitrogens is 2. The van der Waals surface area contributed by atoms with E-state index in [0.29, 0.717) is 5.92 Å². The number of amides is 1. The number of anilines is 1. The molecular formula is C26H26N4O5. The van der Waals surface area contributed by atoms with Crippen LogP contribution >= 0.6 is 0 Å². The van der Waals surface area contributed by atoms with E-state index in [0.717, 1.165) is 23.0 Å². The minimum atomic E-state index is -2.32. The molecule has 1 aromatic heterocycles. The van der Waals surface area contributed by atoms with E-state index in [2.05, 4.69) is 6.92 Å². The van der Waals surface area contributed by atoms with Crippen molar-refractivity contribution in [2.24, 2.45) is 18.7 Å². The maximum absolute atomic E-state index is 14.3. The van der Waals surface area contributed by atoms with Gasteiger partial charge in [0.15, 0.2) is 0 Å². The summed E-state index contributed by atoms with van der Waals surface area (Å²) >= 11 is 0. The van der Waals surface area contributed by atoms with E-state index in [4.69, 9.17) is 16.2 Å². The summed E-state index contributed by atoms with van der Waals surface area (Å²) in [5, 5.41) is 12.3. The minimum Gasteiger partial charge on any atom is -0.454 e. The Morgan fingerprint density at radius 3 is 2.57 bits per heavy atom. The molecule has 0 saturated heterocycles. The molecule has 0 unspecified atom stereocenters. The lowest BCUT2D eigenvalue weighted by Gasteiger charge is -2.35. The number of fused-ring (bicyclic) bond motifs is 5. The Kier molecular flexibility index (Phi) is 4.11. The molecule has 6 rings (SSSR count). The molecule has 3 aromatic rings. The summed E-state index contributed by atoms with van der Waals surface area (Å²) < 4.78 is 8.45. The van der Waals surface area contributed by atoms with Gasteiger partial charge in [0.05, 0.1) is 5.56 Å². The highest BCUT2D eigenvalue weighted by atomic mass is 16.6. The molecule has 35 heavy (non-hydrogen) atoms. The summed E-state index contributed by atoms with van der Waals surface area (Å²) in [6.07, 6.45) is 2.30. The molecule has 3 atom stereocenters. The monoisotopic (exact) mass is 474 g/mol. The summed E-state index contributed by atoms with van der Waals surface area (Å²) in [5.74, 6) is -2.72. The number of carbonyl (C=O) groups excluding carboxylic acids is 2. The summed E-state index contributed by atoms with van der Waals surface area (Å²) in [7, 11) is 1.48. The summed E-state index contributed by atoms with van der Waals surface area (Å²) in [4.78, 5) is 40.6. The quantitative estimate of drug-likeness (QED) is 0.493. The first kappa shape index (κ1) is 21.7. The van der Waals surface area contributed by atoms with E-state index < -0.39 is 28.7 Å². The predicted octanol–water partition coefficient (Wildman–Crippen LogP) is 1.87. The van der Waals surface area contributed by atoms with Gasteiger partial charge in [-0.2, -0.15) is 0 Å². The number of hydrogen-bond acceptors (Lipinski definition) is 6. The molecule has 180 valence electrons. The number of nitrogens with zero attached hydrogens (tertiary/aromatic N) is 2. The Morgan fingerprint density at radius 1 is 1.20 bits per heavy atom. The lowest BCUT2D eigenvalue weighted by Crippen LogP contribution is -2.58. The smallest absolute Gasteiger partial charge is 0.330 e. The Balaban J connectivity index is 1.73. The first-order valence-electron chi connectivity index (χ1n) is 11.6. The van der Waals surface area contributed by atoms with Crippen LogP contribution in [0.4, 0.5) is 5.69 Å². The lowest BCUT2D eigenvalue weighted by atomic mass is 9.81. The second kappa shape index (κ2) is 6.63. The fraction of sp³-hybridized carbons (Fsp3) is 0.346. The number of nitrogens with two attached hydrogens (primary N) is 2. The Hall–Kier alpha value is -3.85. The third-order valence-corrected chi connectivity index (χ3v) is 8.13. The summed E-state index contributed by atoms with van der Waals surface area (Å²) in [5.41, 5.74) is 10.8. The van der Waals surface area contributed by atoms with E-state index in [-0.39, 0.29) is 45.4 Å². The van der Waals surface area contributed by atoms with Gasteiger partial charge in [-0.15, -0.1) is 0 Å². The molecule has 0 radical (unpaired) electrons. The molecule has 3 aliphatic rings. The number of Topliss-reactive ketones (excluding diaryl/α,β-unsaturated/α-hetero) is 1. The zero-order valence-electron chi connectivity index (χ0n) is 19.7. The van der Waals surface area contributed by atoms with E-state index in [1.165, 1.54) is 11.6 Å². The minimum absolute atomic E-state index is 0.0555. The molecule has 2 aliphatic carbocycles. The molecule has 0 bridgehead atoms. The second-order valence-electron chi connectivity index (χ2n) is 9.91. The van der Waals surface area contributed by atoms with Crippen molar-refractivity contribution < 1.29 is 19.4 Å². The number of aliphatic hydroxyl groups is 1. The highest BCUT2D eigenvalue weighted by Crippen LogP contribution is 2.61. The van der Waals surface area contributed by atoms with Crippen LogP contribution in [-0.2, 0) is 18.4 Å². The number of nitrogen functional groups attached to an aromatic ring is 1. The van der Waals surface area contributed by atoms with Gasteiger partial charge in [0.25, 0.3) is 11.7 Å². The maximum atomic E-state index is 14.3. The van der Waals surface area contributed by atoms with Gasteiger partial charge in [-0.05, 0) is 49.3 Å². The van der Waals surface area contributed by atoms with Crippen molar-refractivity contribution in [1.82, 2.24) is 9.13 Å². The number of rotatable bonds is 4. The molecule has 1 amide bonds. The molecule has 1 aliphatic heterocycles. The van der Waals surface area contributed by atoms with Crippen LogP contribution < -0.4 is 21.9 Å². The van der Waals surface area contributed by atoms with Gasteiger partial charge in [0.2, 0.25) is 11.3 Å². The SMILES string of the molecule is Cc1c(C(N)=O)n([C@@]23C(=O)c4c(N)cccc4[C@]2(O)Oc2cc([C@H](C)C4CC4)ccc23)c(=O)n1C. The predicted molar refractivity (Wildman–Crippen MR) is 127 cm³/mol. The van der Waals surface area contributed by atoms with E-state index in [9.17, 15) is 19.5 Å². The van der Waals surface area contributed by atoms with Gasteiger partial charge in [-0.1, -0.05) is 31.2 Å². The Morgan fingerprint density at radius 2 is 1.91 bits per heavy atom. The zero-order valence-corrected chi connectivity index (χ0v) is 19.7. The van der Waals surface area contributed by atoms with Gasteiger partial charge in [0.1, 0.15) is 11.4 Å². The molecule has 9 nitrogen and oxygen atoms in total. The van der Waals surface area contributed by atoms with Gasteiger partial charge >= 0.3 is 5.69 Å². The second-order valence-corrected chi connectivity index (χ2v) is 9.91. The number of hydrogen-bond donors (Lipinski definition) is 3. The number of primary amides is 1. The largest absolute Gasteiger partial charge is 0.454 e. The van der Waals surface area contributed by atoms with Crippen LogP contribution in [0.5, 0.6) is 5.75 Å². The third-order valence-electron chi connectivity index (χ3n) is 8.13. The number of ether oxygens (including phenoxy) is 1. The van der Waals surface area contributed by atoms with Crippen molar-refractivity contribution in [3.63, 3.8) is 0 Å². The van der Waals surface area contributed by atoms with Crippen LogP contribution in [-0.4, -0.2) is 25.9 Å². The van der Waals surface area contributed by atoms with Crippen molar-refractivity contribution in [1.29, 1.82) is 0 Å². The number of carbonyl (C=O) groups is 2. The standard InChI is InChI=1S/C26H26N4O5/c1-12(14-7-8-14)15-9-10-16-19(11-15)35-26(34)17-5-4-6-18(27)20(17)22(31)25(16,26)30-21(23(28)32)13(2)29(3)24(30)33/h4-6,9-12,14,34H,7-8,27H2,1-3H3,(H2,28,32)/t12-,25+,26+/m1/s1. The van der Waals surface area contributed by atoms with Crippen molar-refractivity contribution >= 4 is 17.4 Å². The first-order chi connectivity index (χ1) is 16.6. The van der Waals surface area contributed by atoms with Crippen LogP contribution in [0.3, 0.4) is 0 Å². The summed E-state index contributed by atoms with van der Waals surface area (Å²) in [6.45, 7) is 3.70. The van der Waals surface area contributed by atoms with Crippen molar-refractivity contribution in [2.75, 3.05) is 5.73 Å². The fourth-order valence-corrected chi connectivity index (χ4v) is 5.99. The van der Waals surface area contributed by atoms with E-state index in [1.54, 1.807) is 31.2 Å². The van der Waals surface area contributed by atoms with Crippen LogP contribution in [0.2, 0.25) is 0 Å². The molecule has 1 fully saturated rings. The van der Waals surface area contributed by atoms with Gasteiger partial charge in [0, 0.05) is 29.6 Å². The molecule has 5 N–H and O–H groups in total. The molecule has 2 aromatic carbocycles. The van der Waals surface area contributed by atoms with Crippen molar-refractivity contribution in [3.8, 4) is 5.75 Å². The Bertz CT molecular complexity index is 1530. The molecule has 0 spiro atoms. The molecule has 1 saturated carbocycles. The molecular weight excluding hydrogens is 448 g/mol. The van der Waals surface area contributed by atoms with Crippen LogP contribution in [0.25, 0.3) is 0 Å². The molecule has 9 heteroatoms. The van der Waals surface area contributed by atoms with Crippen LogP contribution in [0, 0.1) is 12.8 Å². The highest BCUT2D eigenvalue weighted by Gasteiger charge is 2.73. The van der Waals surface area contributed by atoms with Crippen molar-refractivity contribution in [3.05, 3.63) is 80.5 Å². The third kappa shape index (κ3) is 2.38. The normalized spacial score (nSPS) is 25.1.